The van der Waals surface area contributed by atoms with Gasteiger partial charge in [-0.2, -0.15) is 13.2 Å². The first-order valence-corrected chi connectivity index (χ1v) is 11.8. The van der Waals surface area contributed by atoms with Crippen LogP contribution in [0, 0.1) is 6.92 Å². The van der Waals surface area contributed by atoms with E-state index in [0.717, 1.165) is 48.2 Å². The van der Waals surface area contributed by atoms with Crippen molar-refractivity contribution in [2.75, 3.05) is 18.9 Å². The Morgan fingerprint density at radius 3 is 2.42 bits per heavy atom. The molecule has 9 nitrogen and oxygen atoms in total. The maximum Gasteiger partial charge on any atom is 0.490 e. The van der Waals surface area contributed by atoms with E-state index in [-0.39, 0.29) is 6.54 Å². The quantitative estimate of drug-likeness (QED) is 0.480. The van der Waals surface area contributed by atoms with Crippen LogP contribution in [-0.4, -0.2) is 62.4 Å². The minimum Gasteiger partial charge on any atom is -0.475 e. The maximum atomic E-state index is 12.7. The number of carbonyl (C=O) groups excluding carboxylic acids is 2. The normalized spacial score (nSPS) is 12.9. The van der Waals surface area contributed by atoms with Gasteiger partial charge >= 0.3 is 24.0 Å². The molecule has 2 aromatic carbocycles. The molecule has 2 N–H and O–H groups in total. The minimum atomic E-state index is -5.08. The van der Waals surface area contributed by atoms with Gasteiger partial charge < -0.3 is 15.3 Å². The molecule has 0 saturated carbocycles. The van der Waals surface area contributed by atoms with Gasteiger partial charge in [0, 0.05) is 36.9 Å². The molecule has 38 heavy (non-hydrogen) atoms. The van der Waals surface area contributed by atoms with Crippen LogP contribution < -0.4 is 5.32 Å². The number of nitrogens with one attached hydrogen (secondary N) is 1. The van der Waals surface area contributed by atoms with E-state index in [4.69, 9.17) is 9.90 Å². The summed E-state index contributed by atoms with van der Waals surface area (Å²) in [5.41, 5.74) is 4.68. The number of carboxylic acids is 1. The fourth-order valence-corrected chi connectivity index (χ4v) is 4.08. The number of rotatable bonds is 5. The Hall–Kier alpha value is -4.06. The van der Waals surface area contributed by atoms with Gasteiger partial charge in [-0.15, -0.1) is 0 Å². The second-order valence-corrected chi connectivity index (χ2v) is 8.81. The number of anilines is 1. The summed E-state index contributed by atoms with van der Waals surface area (Å²) in [5, 5.41) is 10.9. The number of para-hydroxylation sites is 1. The number of aryl methyl sites for hydroxylation is 1. The lowest BCUT2D eigenvalue weighted by atomic mass is 10.1. The van der Waals surface area contributed by atoms with E-state index in [1.54, 1.807) is 7.05 Å². The lowest BCUT2D eigenvalue weighted by molar-refractivity contribution is -0.192. The zero-order valence-corrected chi connectivity index (χ0v) is 21.2. The molecule has 0 bridgehead atoms. The number of aromatic nitrogens is 2. The highest BCUT2D eigenvalue weighted by molar-refractivity contribution is 6.39. The predicted octanol–water partition coefficient (Wildman–Crippen LogP) is 3.89. The summed E-state index contributed by atoms with van der Waals surface area (Å²) in [5.74, 6) is -3.51. The molecule has 202 valence electrons. The molecular weight excluding hydrogens is 503 g/mol. The number of likely N-dealkylation sites (N-methyl/N-ethyl adjacent to an activating group) is 1. The Kier molecular flexibility index (Phi) is 9.00. The van der Waals surface area contributed by atoms with Crippen LogP contribution in [0.5, 0.6) is 0 Å². The number of hydrogen-bond donors (Lipinski definition) is 2. The van der Waals surface area contributed by atoms with Crippen molar-refractivity contribution < 1.29 is 32.7 Å². The molecule has 0 fully saturated rings. The molecule has 0 saturated heterocycles. The second-order valence-electron chi connectivity index (χ2n) is 8.81. The summed E-state index contributed by atoms with van der Waals surface area (Å²) in [6.45, 7) is 6.90. The van der Waals surface area contributed by atoms with Crippen LogP contribution in [0.1, 0.15) is 36.0 Å². The molecule has 2 heterocycles. The fourth-order valence-electron chi connectivity index (χ4n) is 4.08. The zero-order valence-electron chi connectivity index (χ0n) is 21.2. The Balaban J connectivity index is 0.000000505. The molecule has 0 unspecified atom stereocenters. The van der Waals surface area contributed by atoms with Crippen molar-refractivity contribution in [1.29, 1.82) is 0 Å². The van der Waals surface area contributed by atoms with E-state index in [2.05, 4.69) is 33.2 Å². The number of fused-ring (bicyclic) bond motifs is 2. The van der Waals surface area contributed by atoms with Crippen molar-refractivity contribution in [2.45, 2.75) is 46.1 Å². The lowest BCUT2D eigenvalue weighted by Gasteiger charge is -2.17. The number of hydrogen-bond acceptors (Lipinski definition) is 6. The third kappa shape index (κ3) is 7.03. The number of nitrogens with zero attached hydrogens (tertiary/aromatic N) is 4. The first kappa shape index (κ1) is 28.5. The van der Waals surface area contributed by atoms with E-state index in [1.807, 2.05) is 43.3 Å². The first-order chi connectivity index (χ1) is 17.9. The molecule has 1 aliphatic heterocycles. The minimum absolute atomic E-state index is 0.162. The third-order valence-corrected chi connectivity index (χ3v) is 5.84. The highest BCUT2D eigenvalue weighted by Crippen LogP contribution is 2.29. The van der Waals surface area contributed by atoms with E-state index < -0.39 is 24.0 Å². The largest absolute Gasteiger partial charge is 0.490 e. The van der Waals surface area contributed by atoms with E-state index >= 15 is 0 Å². The Morgan fingerprint density at radius 1 is 1.08 bits per heavy atom. The second kappa shape index (κ2) is 12.0. The summed E-state index contributed by atoms with van der Waals surface area (Å²) in [6.07, 6.45) is -4.00. The number of carboxylic acid groups (broad SMARTS) is 1. The SMILES string of the molecule is CCCN1Cc2cccc(NC(=O)C(=O)N(C)Cc3nc(C)c4ccccc4n3)c2C1.O=C(O)C(F)(F)F. The summed E-state index contributed by atoms with van der Waals surface area (Å²) in [6, 6.07) is 13.6. The molecular formula is C26H28F3N5O4. The monoisotopic (exact) mass is 531 g/mol. The average Bonchev–Trinajstić information content (AvgIpc) is 3.27. The average molecular weight is 532 g/mol. The van der Waals surface area contributed by atoms with Crippen molar-refractivity contribution in [3.8, 4) is 0 Å². The van der Waals surface area contributed by atoms with Gasteiger partial charge in [-0.3, -0.25) is 14.5 Å². The smallest absolute Gasteiger partial charge is 0.475 e. The van der Waals surface area contributed by atoms with Crippen LogP contribution in [0.3, 0.4) is 0 Å². The van der Waals surface area contributed by atoms with Crippen LogP contribution in [0.15, 0.2) is 42.5 Å². The molecule has 0 radical (unpaired) electrons. The van der Waals surface area contributed by atoms with Crippen LogP contribution in [0.2, 0.25) is 0 Å². The molecule has 4 rings (SSSR count). The molecule has 12 heteroatoms. The van der Waals surface area contributed by atoms with Crippen LogP contribution in [0.4, 0.5) is 18.9 Å². The molecule has 2 amide bonds. The van der Waals surface area contributed by atoms with Crippen molar-refractivity contribution in [1.82, 2.24) is 19.8 Å². The van der Waals surface area contributed by atoms with E-state index in [1.165, 1.54) is 10.5 Å². The number of amides is 2. The number of benzene rings is 2. The van der Waals surface area contributed by atoms with Gasteiger partial charge in [0.1, 0.15) is 5.82 Å². The number of halogens is 3. The van der Waals surface area contributed by atoms with Crippen molar-refractivity contribution in [2.24, 2.45) is 0 Å². The number of alkyl halides is 3. The molecule has 0 atom stereocenters. The molecule has 0 aliphatic carbocycles. The van der Waals surface area contributed by atoms with Gasteiger partial charge in [-0.1, -0.05) is 37.3 Å². The van der Waals surface area contributed by atoms with Crippen LogP contribution in [0.25, 0.3) is 10.9 Å². The van der Waals surface area contributed by atoms with Crippen LogP contribution in [-0.2, 0) is 34.0 Å². The molecule has 1 aliphatic rings. The Morgan fingerprint density at radius 2 is 1.76 bits per heavy atom. The van der Waals surface area contributed by atoms with Gasteiger partial charge in [0.2, 0.25) is 0 Å². The summed E-state index contributed by atoms with van der Waals surface area (Å²) < 4.78 is 31.7. The highest BCUT2D eigenvalue weighted by Gasteiger charge is 2.38. The van der Waals surface area contributed by atoms with Crippen molar-refractivity contribution >= 4 is 34.4 Å². The van der Waals surface area contributed by atoms with E-state index in [9.17, 15) is 22.8 Å². The molecule has 1 aromatic heterocycles. The van der Waals surface area contributed by atoms with Gasteiger partial charge in [-0.05, 0) is 43.1 Å². The van der Waals surface area contributed by atoms with E-state index in [0.29, 0.717) is 11.5 Å². The predicted molar refractivity (Wildman–Crippen MR) is 134 cm³/mol. The lowest BCUT2D eigenvalue weighted by Crippen LogP contribution is -2.37. The fraction of sp³-hybridized carbons (Fsp3) is 0.346. The van der Waals surface area contributed by atoms with Gasteiger partial charge in [0.05, 0.1) is 12.1 Å². The summed E-state index contributed by atoms with van der Waals surface area (Å²) >= 11 is 0. The topological polar surface area (TPSA) is 116 Å². The third-order valence-electron chi connectivity index (χ3n) is 5.84. The summed E-state index contributed by atoms with van der Waals surface area (Å²) in [7, 11) is 1.59. The Labute approximate surface area is 217 Å². The standard InChI is InChI=1S/C24H27N5O2.C2HF3O2/c1-4-12-29-13-17-8-7-11-21(19(17)14-29)27-23(30)24(31)28(3)15-22-25-16(2)18-9-5-6-10-20(18)26-22;3-2(4,5)1(6)7/h5-11H,4,12-15H2,1-3H3,(H,27,30);(H,6,7). The number of aliphatic carboxylic acids is 1. The molecule has 3 aromatic rings. The number of carbonyl (C=O) groups is 3. The van der Waals surface area contributed by atoms with Gasteiger partial charge in [-0.25, -0.2) is 14.8 Å². The Bertz CT molecular complexity index is 1350. The van der Waals surface area contributed by atoms with Crippen LogP contribution >= 0.6 is 0 Å². The van der Waals surface area contributed by atoms with Gasteiger partial charge in [0.25, 0.3) is 0 Å². The summed E-state index contributed by atoms with van der Waals surface area (Å²) in [4.78, 5) is 47.0. The van der Waals surface area contributed by atoms with Crippen molar-refractivity contribution in [3.63, 3.8) is 0 Å². The molecule has 0 spiro atoms. The zero-order chi connectivity index (χ0) is 28.0. The van der Waals surface area contributed by atoms with Crippen molar-refractivity contribution in [3.05, 3.63) is 65.1 Å². The maximum absolute atomic E-state index is 12.7. The first-order valence-electron chi connectivity index (χ1n) is 11.8. The van der Waals surface area contributed by atoms with Gasteiger partial charge in [0.15, 0.2) is 0 Å². The highest BCUT2D eigenvalue weighted by atomic mass is 19.4.